The van der Waals surface area contributed by atoms with Gasteiger partial charge in [-0.2, -0.15) is 0 Å². The van der Waals surface area contributed by atoms with E-state index < -0.39 is 0 Å². The molecule has 2 aliphatic rings. The molecule has 1 heterocycles. The molecule has 0 aromatic carbocycles. The van der Waals surface area contributed by atoms with Crippen LogP contribution in [0.5, 0.6) is 0 Å². The highest BCUT2D eigenvalue weighted by Gasteiger charge is 2.35. The number of amides is 2. The first-order valence-electron chi connectivity index (χ1n) is 7.94. The normalized spacial score (nSPS) is 23.6. The minimum Gasteiger partial charge on any atom is -0.368 e. The first-order valence-corrected chi connectivity index (χ1v) is 7.94. The van der Waals surface area contributed by atoms with Gasteiger partial charge in [-0.25, -0.2) is 0 Å². The Hall–Kier alpha value is -1.10. The van der Waals surface area contributed by atoms with Crippen LogP contribution in [0.15, 0.2) is 0 Å². The third-order valence-corrected chi connectivity index (χ3v) is 4.75. The van der Waals surface area contributed by atoms with Gasteiger partial charge in [-0.3, -0.25) is 14.5 Å². The minimum absolute atomic E-state index is 0.130. The second kappa shape index (κ2) is 7.07. The Labute approximate surface area is 121 Å². The molecule has 0 aromatic heterocycles. The van der Waals surface area contributed by atoms with Crippen molar-refractivity contribution in [1.82, 2.24) is 9.80 Å². The number of rotatable bonds is 4. The Balaban J connectivity index is 1.94. The first kappa shape index (κ1) is 15.3. The minimum atomic E-state index is -0.188. The fourth-order valence-corrected chi connectivity index (χ4v) is 3.63. The van der Waals surface area contributed by atoms with E-state index in [0.717, 1.165) is 39.0 Å². The van der Waals surface area contributed by atoms with Crippen LogP contribution in [0.1, 0.15) is 45.4 Å². The average molecular weight is 281 g/mol. The van der Waals surface area contributed by atoms with Crippen molar-refractivity contribution in [2.24, 2.45) is 11.7 Å². The molecule has 2 rings (SSSR count). The van der Waals surface area contributed by atoms with E-state index >= 15 is 0 Å². The Kier molecular flexibility index (Phi) is 5.40. The maximum Gasteiger partial charge on any atom is 0.235 e. The summed E-state index contributed by atoms with van der Waals surface area (Å²) in [5.74, 6) is 0.430. The molecule has 1 saturated heterocycles. The molecule has 1 atom stereocenters. The van der Waals surface area contributed by atoms with E-state index in [1.54, 1.807) is 0 Å². The van der Waals surface area contributed by atoms with Crippen LogP contribution in [0.25, 0.3) is 0 Å². The molecule has 1 aliphatic carbocycles. The first-order chi connectivity index (χ1) is 9.63. The van der Waals surface area contributed by atoms with Crippen molar-refractivity contribution < 1.29 is 9.59 Å². The summed E-state index contributed by atoms with van der Waals surface area (Å²) >= 11 is 0. The summed E-state index contributed by atoms with van der Waals surface area (Å²) in [5, 5.41) is 0. The van der Waals surface area contributed by atoms with Gasteiger partial charge in [-0.15, -0.1) is 0 Å². The lowest BCUT2D eigenvalue weighted by molar-refractivity contribution is -0.134. The maximum atomic E-state index is 11.9. The summed E-state index contributed by atoms with van der Waals surface area (Å²) in [6.45, 7) is 4.89. The van der Waals surface area contributed by atoms with Crippen molar-refractivity contribution in [3.05, 3.63) is 0 Å². The predicted molar refractivity (Wildman–Crippen MR) is 78.0 cm³/mol. The van der Waals surface area contributed by atoms with Crippen LogP contribution < -0.4 is 5.73 Å². The topological polar surface area (TPSA) is 66.6 Å². The molecular formula is C15H27N3O2. The molecule has 0 bridgehead atoms. The van der Waals surface area contributed by atoms with Crippen LogP contribution in [-0.4, -0.2) is 53.8 Å². The number of carbonyl (C=O) groups is 2. The van der Waals surface area contributed by atoms with Gasteiger partial charge in [-0.1, -0.05) is 26.2 Å². The van der Waals surface area contributed by atoms with E-state index in [2.05, 4.69) is 4.90 Å². The van der Waals surface area contributed by atoms with Gasteiger partial charge >= 0.3 is 0 Å². The summed E-state index contributed by atoms with van der Waals surface area (Å²) in [6, 6.07) is -0.130. The Morgan fingerprint density at radius 2 is 1.70 bits per heavy atom. The van der Waals surface area contributed by atoms with E-state index in [4.69, 9.17) is 5.73 Å². The third kappa shape index (κ3) is 3.51. The van der Waals surface area contributed by atoms with E-state index in [-0.39, 0.29) is 17.9 Å². The number of hydrogen-bond acceptors (Lipinski definition) is 3. The fourth-order valence-electron chi connectivity index (χ4n) is 3.63. The van der Waals surface area contributed by atoms with E-state index in [1.165, 1.54) is 19.3 Å². The van der Waals surface area contributed by atoms with Gasteiger partial charge in [0.2, 0.25) is 11.8 Å². The van der Waals surface area contributed by atoms with Crippen LogP contribution in [0, 0.1) is 5.92 Å². The lowest BCUT2D eigenvalue weighted by atomic mass is 9.82. The largest absolute Gasteiger partial charge is 0.368 e. The van der Waals surface area contributed by atoms with Gasteiger partial charge in [0, 0.05) is 32.6 Å². The molecule has 114 valence electrons. The lowest BCUT2D eigenvalue weighted by Gasteiger charge is -2.41. The van der Waals surface area contributed by atoms with E-state index in [1.807, 2.05) is 11.8 Å². The molecular weight excluding hydrogens is 254 g/mol. The standard InChI is InChI=1S/C15H27N3O2/c1-2-13(19)17-8-10-18(11-9-17)14(15(16)20)12-6-4-3-5-7-12/h12,14H,2-11H2,1H3,(H2,16,20). The van der Waals surface area contributed by atoms with Gasteiger partial charge in [-0.05, 0) is 18.8 Å². The average Bonchev–Trinajstić information content (AvgIpc) is 2.48. The van der Waals surface area contributed by atoms with E-state index in [9.17, 15) is 9.59 Å². The summed E-state index contributed by atoms with van der Waals surface area (Å²) in [5.41, 5.74) is 5.66. The zero-order chi connectivity index (χ0) is 14.5. The van der Waals surface area contributed by atoms with Crippen LogP contribution in [0.3, 0.4) is 0 Å². The van der Waals surface area contributed by atoms with Gasteiger partial charge < -0.3 is 10.6 Å². The number of hydrogen-bond donors (Lipinski definition) is 1. The Morgan fingerprint density at radius 1 is 1.10 bits per heavy atom. The van der Waals surface area contributed by atoms with Crippen molar-refractivity contribution in [2.45, 2.75) is 51.5 Å². The highest BCUT2D eigenvalue weighted by atomic mass is 16.2. The molecule has 0 radical (unpaired) electrons. The highest BCUT2D eigenvalue weighted by molar-refractivity contribution is 5.80. The van der Waals surface area contributed by atoms with Crippen LogP contribution in [0.2, 0.25) is 0 Å². The zero-order valence-corrected chi connectivity index (χ0v) is 12.5. The fraction of sp³-hybridized carbons (Fsp3) is 0.867. The Bertz CT molecular complexity index is 345. The number of nitrogens with two attached hydrogens (primary N) is 1. The van der Waals surface area contributed by atoms with Crippen molar-refractivity contribution in [2.75, 3.05) is 26.2 Å². The number of nitrogens with zero attached hydrogens (tertiary/aromatic N) is 2. The molecule has 20 heavy (non-hydrogen) atoms. The smallest absolute Gasteiger partial charge is 0.235 e. The molecule has 2 N–H and O–H groups in total. The predicted octanol–water partition coefficient (Wildman–Crippen LogP) is 0.975. The molecule has 1 unspecified atom stereocenters. The number of carbonyl (C=O) groups excluding carboxylic acids is 2. The Morgan fingerprint density at radius 3 is 2.20 bits per heavy atom. The SMILES string of the molecule is CCC(=O)N1CCN(C(C(N)=O)C2CCCCC2)CC1. The van der Waals surface area contributed by atoms with E-state index in [0.29, 0.717) is 12.3 Å². The molecule has 0 spiro atoms. The molecule has 5 heteroatoms. The van der Waals surface area contributed by atoms with Crippen molar-refractivity contribution >= 4 is 11.8 Å². The summed E-state index contributed by atoms with van der Waals surface area (Å²) in [6.07, 6.45) is 6.48. The van der Waals surface area contributed by atoms with Crippen LogP contribution >= 0.6 is 0 Å². The zero-order valence-electron chi connectivity index (χ0n) is 12.5. The summed E-state index contributed by atoms with van der Waals surface area (Å²) in [4.78, 5) is 27.7. The summed E-state index contributed by atoms with van der Waals surface area (Å²) < 4.78 is 0. The second-order valence-electron chi connectivity index (χ2n) is 6.02. The molecule has 0 aromatic rings. The molecule has 5 nitrogen and oxygen atoms in total. The molecule has 1 aliphatic heterocycles. The lowest BCUT2D eigenvalue weighted by Crippen LogP contribution is -2.57. The van der Waals surface area contributed by atoms with Crippen molar-refractivity contribution in [1.29, 1.82) is 0 Å². The summed E-state index contributed by atoms with van der Waals surface area (Å²) in [7, 11) is 0. The van der Waals surface area contributed by atoms with Crippen molar-refractivity contribution in [3.8, 4) is 0 Å². The molecule has 2 fully saturated rings. The van der Waals surface area contributed by atoms with Gasteiger partial charge in [0.05, 0.1) is 6.04 Å². The highest BCUT2D eigenvalue weighted by Crippen LogP contribution is 2.29. The second-order valence-corrected chi connectivity index (χ2v) is 6.02. The van der Waals surface area contributed by atoms with Gasteiger partial charge in [0.1, 0.15) is 0 Å². The molecule has 1 saturated carbocycles. The van der Waals surface area contributed by atoms with Crippen molar-refractivity contribution in [3.63, 3.8) is 0 Å². The quantitative estimate of drug-likeness (QED) is 0.835. The van der Waals surface area contributed by atoms with Crippen LogP contribution in [0.4, 0.5) is 0 Å². The number of piperazine rings is 1. The number of primary amides is 1. The van der Waals surface area contributed by atoms with Gasteiger partial charge in [0.15, 0.2) is 0 Å². The monoisotopic (exact) mass is 281 g/mol. The van der Waals surface area contributed by atoms with Gasteiger partial charge in [0.25, 0.3) is 0 Å². The van der Waals surface area contributed by atoms with Crippen LogP contribution in [-0.2, 0) is 9.59 Å². The maximum absolute atomic E-state index is 11.9. The third-order valence-electron chi connectivity index (χ3n) is 4.75. The molecule has 2 amide bonds.